The first-order valence-corrected chi connectivity index (χ1v) is 13.2. The van der Waals surface area contributed by atoms with Gasteiger partial charge in [0, 0.05) is 31.8 Å². The van der Waals surface area contributed by atoms with E-state index in [4.69, 9.17) is 4.74 Å². The van der Waals surface area contributed by atoms with Crippen molar-refractivity contribution in [1.82, 2.24) is 20.2 Å². The average molecular weight is 531 g/mol. The van der Waals surface area contributed by atoms with Crippen LogP contribution in [0.1, 0.15) is 63.3 Å². The molecule has 1 aromatic heterocycles. The summed E-state index contributed by atoms with van der Waals surface area (Å²) >= 11 is 0. The molecule has 5 atom stereocenters. The fraction of sp³-hybridized carbons (Fsp3) is 0.571. The van der Waals surface area contributed by atoms with E-state index in [0.29, 0.717) is 25.2 Å². The van der Waals surface area contributed by atoms with Crippen molar-refractivity contribution in [3.63, 3.8) is 0 Å². The van der Waals surface area contributed by atoms with Gasteiger partial charge in [0.1, 0.15) is 29.8 Å². The molecule has 0 radical (unpaired) electrons. The van der Waals surface area contributed by atoms with Gasteiger partial charge in [0.05, 0.1) is 12.3 Å². The van der Waals surface area contributed by atoms with Crippen LogP contribution in [0.25, 0.3) is 0 Å². The van der Waals surface area contributed by atoms with Gasteiger partial charge >= 0.3 is 5.97 Å². The number of nitrogens with one attached hydrogen (secondary N) is 2. The van der Waals surface area contributed by atoms with Crippen LogP contribution in [0.4, 0.5) is 4.39 Å². The Morgan fingerprint density at radius 1 is 1.24 bits per heavy atom. The van der Waals surface area contributed by atoms with Crippen LogP contribution < -0.4 is 5.32 Å². The topological polar surface area (TPSA) is 125 Å². The molecule has 0 spiro atoms. The number of aromatic amines is 1. The van der Waals surface area contributed by atoms with Gasteiger partial charge in [-0.25, -0.2) is 14.2 Å². The summed E-state index contributed by atoms with van der Waals surface area (Å²) in [5.41, 5.74) is 0.906. The van der Waals surface area contributed by atoms with Crippen LogP contribution in [-0.4, -0.2) is 75.3 Å². The Labute approximate surface area is 223 Å². The van der Waals surface area contributed by atoms with Crippen molar-refractivity contribution >= 4 is 17.8 Å². The van der Waals surface area contributed by atoms with Crippen LogP contribution in [0.5, 0.6) is 0 Å². The molecule has 3 rings (SSSR count). The second-order valence-corrected chi connectivity index (χ2v) is 10.4. The number of cyclic esters (lactones) is 1. The number of nitrogens with zero attached hydrogens (tertiary/aromatic N) is 2. The minimum absolute atomic E-state index is 0.0152. The number of esters is 1. The molecule has 208 valence electrons. The Bertz CT molecular complexity index is 1080. The summed E-state index contributed by atoms with van der Waals surface area (Å²) in [6, 6.07) is -0.734. The average Bonchev–Trinajstić information content (AvgIpc) is 3.52. The van der Waals surface area contributed by atoms with Crippen molar-refractivity contribution in [2.45, 2.75) is 77.8 Å². The first-order chi connectivity index (χ1) is 18.0. The Hall–Kier alpha value is -3.27. The molecule has 5 unspecified atom stereocenters. The van der Waals surface area contributed by atoms with E-state index in [0.717, 1.165) is 5.57 Å². The number of fused-ring (bicyclic) bond motifs is 3. The maximum Gasteiger partial charge on any atom is 0.329 e. The summed E-state index contributed by atoms with van der Waals surface area (Å²) in [5, 5.41) is 13.0. The lowest BCUT2D eigenvalue weighted by atomic mass is 9.94. The number of H-pyrrole nitrogens is 1. The highest BCUT2D eigenvalue weighted by molar-refractivity contribution is 5.95. The molecule has 0 aromatic carbocycles. The van der Waals surface area contributed by atoms with Gasteiger partial charge in [-0.15, -0.1) is 0 Å². The molecule has 38 heavy (non-hydrogen) atoms. The molecule has 2 bridgehead atoms. The zero-order valence-electron chi connectivity index (χ0n) is 22.5. The molecule has 3 heterocycles. The van der Waals surface area contributed by atoms with Crippen LogP contribution >= 0.6 is 0 Å². The summed E-state index contributed by atoms with van der Waals surface area (Å²) in [6.45, 7) is 8.21. The van der Waals surface area contributed by atoms with Crippen molar-refractivity contribution in [3.05, 3.63) is 53.7 Å². The molecule has 3 N–H and O–H groups in total. The van der Waals surface area contributed by atoms with E-state index in [2.05, 4.69) is 15.3 Å². The smallest absolute Gasteiger partial charge is 0.329 e. The molecule has 1 fully saturated rings. The highest BCUT2D eigenvalue weighted by atomic mass is 19.1. The number of rotatable bonds is 1. The summed E-state index contributed by atoms with van der Waals surface area (Å²) < 4.78 is 20.5. The first-order valence-electron chi connectivity index (χ1n) is 13.2. The van der Waals surface area contributed by atoms with E-state index >= 15 is 0 Å². The quantitative estimate of drug-likeness (QED) is 0.480. The fourth-order valence-corrected chi connectivity index (χ4v) is 4.84. The monoisotopic (exact) mass is 530 g/mol. The van der Waals surface area contributed by atoms with Crippen LogP contribution in [0.15, 0.2) is 42.2 Å². The number of aliphatic hydroxyl groups excluding tert-OH is 1. The highest BCUT2D eigenvalue weighted by Crippen LogP contribution is 2.25. The molecule has 2 aliphatic heterocycles. The van der Waals surface area contributed by atoms with Crippen LogP contribution in [0, 0.1) is 11.8 Å². The molecule has 0 saturated carbocycles. The lowest BCUT2D eigenvalue weighted by Crippen LogP contribution is -2.44. The van der Waals surface area contributed by atoms with Gasteiger partial charge in [-0.1, -0.05) is 50.6 Å². The third-order valence-corrected chi connectivity index (χ3v) is 6.77. The van der Waals surface area contributed by atoms with Crippen molar-refractivity contribution in [2.75, 3.05) is 13.1 Å². The number of hydrogen-bond donors (Lipinski definition) is 3. The van der Waals surface area contributed by atoms with Crippen molar-refractivity contribution in [2.24, 2.45) is 11.8 Å². The number of ether oxygens (including phenoxy) is 1. The molecule has 2 aliphatic rings. The summed E-state index contributed by atoms with van der Waals surface area (Å²) in [6.07, 6.45) is 7.56. The molecular formula is C28H39FN4O5. The van der Waals surface area contributed by atoms with Crippen LogP contribution in [0.3, 0.4) is 0 Å². The van der Waals surface area contributed by atoms with E-state index in [1.54, 1.807) is 31.2 Å². The maximum absolute atomic E-state index is 14.6. The number of allylic oxidation sites excluding steroid dienone is 2. The van der Waals surface area contributed by atoms with E-state index in [1.807, 2.05) is 20.8 Å². The van der Waals surface area contributed by atoms with Gasteiger partial charge in [0.2, 0.25) is 5.91 Å². The summed E-state index contributed by atoms with van der Waals surface area (Å²) in [4.78, 5) is 47.1. The Balaban J connectivity index is 1.85. The number of alkyl halides is 1. The van der Waals surface area contributed by atoms with Gasteiger partial charge in [-0.05, 0) is 31.8 Å². The number of amides is 2. The second kappa shape index (κ2) is 13.5. The van der Waals surface area contributed by atoms with Crippen LogP contribution in [0.2, 0.25) is 0 Å². The largest absolute Gasteiger partial charge is 0.460 e. The van der Waals surface area contributed by atoms with Gasteiger partial charge < -0.3 is 25.0 Å². The Morgan fingerprint density at radius 3 is 2.74 bits per heavy atom. The third kappa shape index (κ3) is 8.11. The zero-order valence-corrected chi connectivity index (χ0v) is 22.5. The minimum atomic E-state index is -1.38. The molecule has 2 amide bonds. The van der Waals surface area contributed by atoms with E-state index in [-0.39, 0.29) is 42.8 Å². The number of aliphatic hydroxyl groups is 1. The van der Waals surface area contributed by atoms with E-state index in [1.165, 1.54) is 17.2 Å². The Morgan fingerprint density at radius 2 is 2.00 bits per heavy atom. The third-order valence-electron chi connectivity index (χ3n) is 6.77. The summed E-state index contributed by atoms with van der Waals surface area (Å²) in [5.74, 6) is -1.12. The minimum Gasteiger partial charge on any atom is -0.460 e. The lowest BCUT2D eigenvalue weighted by molar-refractivity contribution is -0.158. The highest BCUT2D eigenvalue weighted by Gasteiger charge is 2.38. The number of imidazole rings is 1. The van der Waals surface area contributed by atoms with E-state index < -0.39 is 36.3 Å². The normalized spacial score (nSPS) is 31.7. The fourth-order valence-electron chi connectivity index (χ4n) is 4.84. The van der Waals surface area contributed by atoms with Crippen molar-refractivity contribution in [1.29, 1.82) is 0 Å². The van der Waals surface area contributed by atoms with Gasteiger partial charge in [-0.2, -0.15) is 0 Å². The standard InChI is InChI=1S/C28H39FN4O5/c1-17(2)26-19(4)9-10-25(35)30-11-5-7-18(3)13-21(34)14-20(29)15-24-31-16-22(32-24)27(36)33-12-6-8-23(33)28(37)38-26/h5,7,9-10,13,16-17,19-21,23,26,34H,6,8,11-12,14-15H2,1-4H3,(H,30,35)(H,31,32)/b7-5+,10-9+,18-13+. The molecule has 9 nitrogen and oxygen atoms in total. The summed E-state index contributed by atoms with van der Waals surface area (Å²) in [7, 11) is 0. The Kier molecular flexibility index (Phi) is 10.4. The van der Waals surface area contributed by atoms with Gasteiger partial charge in [0.25, 0.3) is 5.91 Å². The predicted octanol–water partition coefficient (Wildman–Crippen LogP) is 3.04. The van der Waals surface area contributed by atoms with Gasteiger partial charge in [-0.3, -0.25) is 9.59 Å². The zero-order chi connectivity index (χ0) is 27.8. The second-order valence-electron chi connectivity index (χ2n) is 10.4. The van der Waals surface area contributed by atoms with Crippen molar-refractivity contribution < 1.29 is 28.6 Å². The number of carbonyl (C=O) groups is 3. The predicted molar refractivity (Wildman–Crippen MR) is 141 cm³/mol. The molecule has 1 aromatic rings. The van der Waals surface area contributed by atoms with E-state index in [9.17, 15) is 23.9 Å². The first kappa shape index (κ1) is 29.3. The van der Waals surface area contributed by atoms with Crippen LogP contribution in [-0.2, 0) is 20.7 Å². The molecule has 10 heteroatoms. The number of halogens is 1. The van der Waals surface area contributed by atoms with Crippen molar-refractivity contribution in [3.8, 4) is 0 Å². The number of hydrogen-bond acceptors (Lipinski definition) is 6. The lowest BCUT2D eigenvalue weighted by Gasteiger charge is -2.29. The van der Waals surface area contributed by atoms with Gasteiger partial charge in [0.15, 0.2) is 0 Å². The SMILES string of the molecule is CC1=C\C(O)CC(F)Cc2ncc([nH]2)C(=O)N2CCCC2C(=O)OC(C(C)C)C(C)/C=C/C(=O)NC\C=C\1. The molecule has 0 aliphatic carbocycles. The number of carbonyl (C=O) groups excluding carboxylic acids is 3. The molecule has 1 saturated heterocycles. The number of aromatic nitrogens is 2. The maximum atomic E-state index is 14.6. The molecular weight excluding hydrogens is 491 g/mol.